The summed E-state index contributed by atoms with van der Waals surface area (Å²) in [6.07, 6.45) is 4.38. The van der Waals surface area contributed by atoms with Gasteiger partial charge in [-0.3, -0.25) is 4.79 Å². The summed E-state index contributed by atoms with van der Waals surface area (Å²) in [6, 6.07) is 9.09. The van der Waals surface area contributed by atoms with Crippen LogP contribution in [0.2, 0.25) is 0 Å². The molecule has 1 fully saturated rings. The first-order valence-electron chi connectivity index (χ1n) is 9.15. The van der Waals surface area contributed by atoms with Crippen molar-refractivity contribution >= 4 is 44.7 Å². The van der Waals surface area contributed by atoms with E-state index >= 15 is 0 Å². The van der Waals surface area contributed by atoms with E-state index in [4.69, 9.17) is 0 Å². The molecule has 2 aliphatic rings. The van der Waals surface area contributed by atoms with Crippen molar-refractivity contribution in [2.24, 2.45) is 0 Å². The molecule has 1 aliphatic carbocycles. The molecule has 1 saturated carbocycles. The Kier molecular flexibility index (Phi) is 5.59. The minimum Gasteiger partial charge on any atom is -0.325 e. The van der Waals surface area contributed by atoms with Gasteiger partial charge in [-0.15, -0.1) is 23.1 Å². The zero-order chi connectivity index (χ0) is 18.9. The second kappa shape index (κ2) is 7.95. The van der Waals surface area contributed by atoms with Crippen molar-refractivity contribution in [3.63, 3.8) is 0 Å². The minimum absolute atomic E-state index is 0.0416. The first-order valence-corrected chi connectivity index (χ1v) is 12.5. The van der Waals surface area contributed by atoms with Gasteiger partial charge in [-0.25, -0.2) is 8.42 Å². The Morgan fingerprint density at radius 3 is 2.74 bits per heavy atom. The van der Waals surface area contributed by atoms with Gasteiger partial charge in [-0.05, 0) is 42.5 Å². The lowest BCUT2D eigenvalue weighted by Crippen LogP contribution is -2.38. The Balaban J connectivity index is 1.69. The lowest BCUT2D eigenvalue weighted by Gasteiger charge is -2.28. The molecule has 144 valence electrons. The summed E-state index contributed by atoms with van der Waals surface area (Å²) in [6.45, 7) is 0.406. The fraction of sp³-hybridized carbons (Fsp3) is 0.421. The molecule has 0 spiro atoms. The predicted molar refractivity (Wildman–Crippen MR) is 110 cm³/mol. The summed E-state index contributed by atoms with van der Waals surface area (Å²) in [4.78, 5) is 14.1. The number of sulfonamides is 1. The van der Waals surface area contributed by atoms with Crippen LogP contribution in [0, 0.1) is 0 Å². The molecular weight excluding hydrogens is 400 g/mol. The summed E-state index contributed by atoms with van der Waals surface area (Å²) in [5.74, 6) is 0.638. The van der Waals surface area contributed by atoms with Crippen LogP contribution in [0.1, 0.15) is 37.0 Å². The molecule has 2 heterocycles. The largest absolute Gasteiger partial charge is 0.325 e. The first kappa shape index (κ1) is 19.0. The second-order valence-corrected chi connectivity index (χ2v) is 10.9. The molecule has 1 amide bonds. The molecule has 1 aliphatic heterocycles. The molecule has 4 rings (SSSR count). The topological polar surface area (TPSA) is 66.5 Å². The van der Waals surface area contributed by atoms with Crippen LogP contribution >= 0.6 is 23.1 Å². The maximum atomic E-state index is 13.5. The summed E-state index contributed by atoms with van der Waals surface area (Å²) < 4.78 is 28.7. The highest BCUT2D eigenvalue weighted by molar-refractivity contribution is 7.99. The van der Waals surface area contributed by atoms with Crippen LogP contribution in [0.5, 0.6) is 0 Å². The molecule has 1 aromatic carbocycles. The Bertz CT molecular complexity index is 920. The molecule has 1 aromatic heterocycles. The van der Waals surface area contributed by atoms with E-state index in [1.807, 2.05) is 23.6 Å². The van der Waals surface area contributed by atoms with E-state index < -0.39 is 10.0 Å². The van der Waals surface area contributed by atoms with Crippen LogP contribution in [-0.2, 0) is 21.4 Å². The number of amides is 1. The van der Waals surface area contributed by atoms with Crippen molar-refractivity contribution in [3.05, 3.63) is 40.6 Å². The SMILES string of the molecule is O=C1CCSc2ccc(S(=O)(=O)N(Cc3cccs3)C3CCCC3)cc2N1. The van der Waals surface area contributed by atoms with E-state index in [1.165, 1.54) is 0 Å². The standard InChI is InChI=1S/C19H22N2O3S3/c22-19-9-11-26-18-8-7-16(12-17(18)20-19)27(23,24)21(14-4-1-2-5-14)13-15-6-3-10-25-15/h3,6-8,10,12,14H,1-2,4-5,9,11,13H2,(H,20,22). The van der Waals surface area contributed by atoms with Gasteiger partial charge in [0.2, 0.25) is 15.9 Å². The number of carbonyl (C=O) groups is 1. The van der Waals surface area contributed by atoms with Gasteiger partial charge < -0.3 is 5.32 Å². The van der Waals surface area contributed by atoms with Gasteiger partial charge in [0.15, 0.2) is 0 Å². The molecular formula is C19H22N2O3S3. The lowest BCUT2D eigenvalue weighted by atomic mass is 10.2. The zero-order valence-corrected chi connectivity index (χ0v) is 17.3. The number of benzene rings is 1. The summed E-state index contributed by atoms with van der Waals surface area (Å²) in [5, 5.41) is 4.82. The first-order chi connectivity index (χ1) is 13.0. The van der Waals surface area contributed by atoms with E-state index in [0.29, 0.717) is 24.4 Å². The number of thioether (sulfide) groups is 1. The molecule has 0 bridgehead atoms. The molecule has 0 saturated heterocycles. The monoisotopic (exact) mass is 422 g/mol. The van der Waals surface area contributed by atoms with E-state index in [2.05, 4.69) is 5.32 Å². The fourth-order valence-electron chi connectivity index (χ4n) is 3.65. The van der Waals surface area contributed by atoms with Crippen LogP contribution in [0.3, 0.4) is 0 Å². The minimum atomic E-state index is -3.64. The smallest absolute Gasteiger partial charge is 0.243 e. The summed E-state index contributed by atoms with van der Waals surface area (Å²) in [7, 11) is -3.64. The third-order valence-corrected chi connectivity index (χ3v) is 8.87. The molecule has 1 N–H and O–H groups in total. The van der Waals surface area contributed by atoms with Crippen LogP contribution in [0.15, 0.2) is 45.5 Å². The average Bonchev–Trinajstić information content (AvgIpc) is 3.31. The number of anilines is 1. The maximum Gasteiger partial charge on any atom is 0.243 e. The average molecular weight is 423 g/mol. The molecule has 0 radical (unpaired) electrons. The number of thiophene rings is 1. The van der Waals surface area contributed by atoms with Crippen molar-refractivity contribution in [3.8, 4) is 0 Å². The van der Waals surface area contributed by atoms with Crippen LogP contribution < -0.4 is 5.32 Å². The number of hydrogen-bond acceptors (Lipinski definition) is 5. The Morgan fingerprint density at radius 1 is 1.19 bits per heavy atom. The number of hydrogen-bond donors (Lipinski definition) is 1. The molecule has 27 heavy (non-hydrogen) atoms. The predicted octanol–water partition coefficient (Wildman–Crippen LogP) is 4.32. The summed E-state index contributed by atoms with van der Waals surface area (Å²) >= 11 is 3.16. The third-order valence-electron chi connectivity index (χ3n) is 5.04. The molecule has 0 unspecified atom stereocenters. The van der Waals surface area contributed by atoms with Crippen molar-refractivity contribution in [1.82, 2.24) is 4.31 Å². The van der Waals surface area contributed by atoms with Gasteiger partial charge >= 0.3 is 0 Å². The van der Waals surface area contributed by atoms with E-state index in [1.54, 1.807) is 39.5 Å². The number of carbonyl (C=O) groups excluding carboxylic acids is 1. The number of nitrogens with one attached hydrogen (secondary N) is 1. The normalized spacial score (nSPS) is 18.3. The van der Waals surface area contributed by atoms with E-state index in [9.17, 15) is 13.2 Å². The van der Waals surface area contributed by atoms with Crippen molar-refractivity contribution in [1.29, 1.82) is 0 Å². The maximum absolute atomic E-state index is 13.5. The Morgan fingerprint density at radius 2 is 2.00 bits per heavy atom. The van der Waals surface area contributed by atoms with Gasteiger partial charge in [0.1, 0.15) is 0 Å². The van der Waals surface area contributed by atoms with Crippen molar-refractivity contribution in [2.75, 3.05) is 11.1 Å². The van der Waals surface area contributed by atoms with Gasteiger partial charge in [-0.1, -0.05) is 18.9 Å². The fourth-order valence-corrected chi connectivity index (χ4v) is 7.07. The Hall–Kier alpha value is -1.35. The quantitative estimate of drug-likeness (QED) is 0.779. The van der Waals surface area contributed by atoms with Gasteiger partial charge in [0.05, 0.1) is 10.6 Å². The van der Waals surface area contributed by atoms with E-state index in [0.717, 1.165) is 35.5 Å². The highest BCUT2D eigenvalue weighted by atomic mass is 32.2. The third kappa shape index (κ3) is 4.08. The highest BCUT2D eigenvalue weighted by Crippen LogP contribution is 2.36. The number of rotatable bonds is 5. The summed E-state index contributed by atoms with van der Waals surface area (Å²) in [5.41, 5.74) is 0.603. The van der Waals surface area contributed by atoms with Crippen molar-refractivity contribution < 1.29 is 13.2 Å². The van der Waals surface area contributed by atoms with Gasteiger partial charge in [-0.2, -0.15) is 4.31 Å². The van der Waals surface area contributed by atoms with Gasteiger partial charge in [0.25, 0.3) is 0 Å². The second-order valence-electron chi connectivity index (χ2n) is 6.87. The van der Waals surface area contributed by atoms with Gasteiger partial charge in [0, 0.05) is 34.5 Å². The van der Waals surface area contributed by atoms with Crippen molar-refractivity contribution in [2.45, 2.75) is 54.5 Å². The highest BCUT2D eigenvalue weighted by Gasteiger charge is 2.34. The number of fused-ring (bicyclic) bond motifs is 1. The lowest BCUT2D eigenvalue weighted by molar-refractivity contribution is -0.115. The van der Waals surface area contributed by atoms with Crippen LogP contribution in [0.25, 0.3) is 0 Å². The van der Waals surface area contributed by atoms with Crippen LogP contribution in [-0.4, -0.2) is 30.4 Å². The number of nitrogens with zero attached hydrogens (tertiary/aromatic N) is 1. The van der Waals surface area contributed by atoms with E-state index in [-0.39, 0.29) is 16.8 Å². The molecule has 8 heteroatoms. The molecule has 5 nitrogen and oxygen atoms in total. The Labute approximate surface area is 168 Å². The molecule has 2 aromatic rings. The zero-order valence-electron chi connectivity index (χ0n) is 14.9. The molecule has 0 atom stereocenters. The van der Waals surface area contributed by atoms with Crippen LogP contribution in [0.4, 0.5) is 5.69 Å².